The summed E-state index contributed by atoms with van der Waals surface area (Å²) in [4.78, 5) is 3.88. The zero-order chi connectivity index (χ0) is 10.3. The summed E-state index contributed by atoms with van der Waals surface area (Å²) in [5, 5.41) is 3.40. The molecule has 0 radical (unpaired) electrons. The molecule has 1 aromatic heterocycles. The minimum atomic E-state index is 0.812. The van der Waals surface area contributed by atoms with Gasteiger partial charge in [0.1, 0.15) is 5.76 Å². The van der Waals surface area contributed by atoms with Crippen molar-refractivity contribution in [3.05, 3.63) is 18.4 Å². The Kier molecular flexibility index (Phi) is 4.21. The number of hydrogen-bond donors (Lipinski definition) is 1. The predicted molar refractivity (Wildman–Crippen MR) is 59.4 cm³/mol. The zero-order valence-corrected chi connectivity index (χ0v) is 9.24. The molecule has 3 heteroatoms. The van der Waals surface area contributed by atoms with Gasteiger partial charge in [0.15, 0.2) is 6.39 Å². The Balaban J connectivity index is 1.54. The second kappa shape index (κ2) is 5.91. The molecule has 0 atom stereocenters. The molecule has 3 nitrogen and oxygen atoms in total. The van der Waals surface area contributed by atoms with E-state index in [1.54, 1.807) is 6.20 Å². The van der Waals surface area contributed by atoms with Gasteiger partial charge in [0.25, 0.3) is 0 Å². The lowest BCUT2D eigenvalue weighted by Crippen LogP contribution is -2.18. The normalized spacial score (nSPS) is 18.1. The molecular weight excluding hydrogens is 188 g/mol. The van der Waals surface area contributed by atoms with Gasteiger partial charge in [-0.05, 0) is 18.9 Å². The summed E-state index contributed by atoms with van der Waals surface area (Å²) in [6, 6.07) is 0. The fourth-order valence-electron chi connectivity index (χ4n) is 2.32. The zero-order valence-electron chi connectivity index (χ0n) is 9.24. The maximum atomic E-state index is 5.15. The summed E-state index contributed by atoms with van der Waals surface area (Å²) in [7, 11) is 0. The van der Waals surface area contributed by atoms with Crippen LogP contribution in [0.1, 0.15) is 44.3 Å². The second-order valence-corrected chi connectivity index (χ2v) is 4.44. The molecule has 0 saturated heterocycles. The molecule has 1 aliphatic carbocycles. The molecule has 1 saturated carbocycles. The number of hydrogen-bond acceptors (Lipinski definition) is 3. The monoisotopic (exact) mass is 208 g/mol. The molecule has 0 spiro atoms. The molecule has 0 amide bonds. The molecule has 1 N–H and O–H groups in total. The fraction of sp³-hybridized carbons (Fsp3) is 0.750. The average molecular weight is 208 g/mol. The van der Waals surface area contributed by atoms with E-state index >= 15 is 0 Å². The predicted octanol–water partition coefficient (Wildman–Crippen LogP) is 2.73. The molecule has 1 fully saturated rings. The van der Waals surface area contributed by atoms with Gasteiger partial charge in [-0.25, -0.2) is 4.98 Å². The molecule has 0 aromatic carbocycles. The van der Waals surface area contributed by atoms with E-state index in [4.69, 9.17) is 4.42 Å². The largest absolute Gasteiger partial charge is 0.447 e. The van der Waals surface area contributed by atoms with Gasteiger partial charge in [0, 0.05) is 0 Å². The van der Waals surface area contributed by atoms with Crippen LogP contribution in [0.15, 0.2) is 17.0 Å². The van der Waals surface area contributed by atoms with Crippen molar-refractivity contribution in [2.24, 2.45) is 5.92 Å². The van der Waals surface area contributed by atoms with Crippen LogP contribution in [-0.4, -0.2) is 11.5 Å². The van der Waals surface area contributed by atoms with Crippen molar-refractivity contribution < 1.29 is 4.42 Å². The van der Waals surface area contributed by atoms with Crippen molar-refractivity contribution in [3.63, 3.8) is 0 Å². The Bertz CT molecular complexity index is 253. The fourth-order valence-corrected chi connectivity index (χ4v) is 2.32. The Morgan fingerprint density at radius 2 is 2.20 bits per heavy atom. The van der Waals surface area contributed by atoms with Crippen LogP contribution in [-0.2, 0) is 6.54 Å². The third-order valence-electron chi connectivity index (χ3n) is 3.24. The Hall–Kier alpha value is -0.830. The number of oxazole rings is 1. The lowest BCUT2D eigenvalue weighted by atomic mass is 9.87. The van der Waals surface area contributed by atoms with Crippen LogP contribution in [0.3, 0.4) is 0 Å². The van der Waals surface area contributed by atoms with E-state index < -0.39 is 0 Å². The number of nitrogens with zero attached hydrogens (tertiary/aromatic N) is 1. The molecule has 0 bridgehead atoms. The summed E-state index contributed by atoms with van der Waals surface area (Å²) in [5.74, 6) is 1.89. The van der Waals surface area contributed by atoms with E-state index in [9.17, 15) is 0 Å². The highest BCUT2D eigenvalue weighted by atomic mass is 16.3. The summed E-state index contributed by atoms with van der Waals surface area (Å²) >= 11 is 0. The third-order valence-corrected chi connectivity index (χ3v) is 3.24. The topological polar surface area (TPSA) is 38.1 Å². The highest BCUT2D eigenvalue weighted by molar-refractivity contribution is 4.86. The molecule has 1 aliphatic rings. The van der Waals surface area contributed by atoms with E-state index in [2.05, 4.69) is 10.3 Å². The first-order chi connectivity index (χ1) is 7.45. The molecule has 1 aromatic rings. The van der Waals surface area contributed by atoms with Crippen molar-refractivity contribution in [2.75, 3.05) is 6.54 Å². The van der Waals surface area contributed by atoms with Crippen LogP contribution in [0, 0.1) is 5.92 Å². The third kappa shape index (κ3) is 3.67. The molecule has 15 heavy (non-hydrogen) atoms. The van der Waals surface area contributed by atoms with Gasteiger partial charge in [-0.1, -0.05) is 32.1 Å². The number of aromatic nitrogens is 1. The maximum absolute atomic E-state index is 5.15. The molecule has 2 rings (SSSR count). The van der Waals surface area contributed by atoms with Gasteiger partial charge < -0.3 is 9.73 Å². The maximum Gasteiger partial charge on any atom is 0.180 e. The van der Waals surface area contributed by atoms with Crippen LogP contribution in [0.25, 0.3) is 0 Å². The second-order valence-electron chi connectivity index (χ2n) is 4.44. The summed E-state index contributed by atoms with van der Waals surface area (Å²) in [6.07, 6.45) is 11.8. The summed E-state index contributed by atoms with van der Waals surface area (Å²) < 4.78 is 5.15. The van der Waals surface area contributed by atoms with E-state index in [-0.39, 0.29) is 0 Å². The SMILES string of the molecule is c1ncc(CNCCC2CCCCC2)o1. The standard InChI is InChI=1S/C12H20N2O/c1-2-4-11(5-3-1)6-7-13-8-12-9-14-10-15-12/h9-11,13H,1-8H2. The average Bonchev–Trinajstić information content (AvgIpc) is 2.79. The Morgan fingerprint density at radius 3 is 2.93 bits per heavy atom. The van der Waals surface area contributed by atoms with Gasteiger partial charge in [0.2, 0.25) is 0 Å². The van der Waals surface area contributed by atoms with Crippen molar-refractivity contribution in [3.8, 4) is 0 Å². The number of nitrogens with one attached hydrogen (secondary N) is 1. The highest BCUT2D eigenvalue weighted by Crippen LogP contribution is 2.25. The van der Waals surface area contributed by atoms with Crippen LogP contribution in [0.2, 0.25) is 0 Å². The number of rotatable bonds is 5. The van der Waals surface area contributed by atoms with E-state index in [0.717, 1.165) is 24.8 Å². The van der Waals surface area contributed by atoms with Gasteiger partial charge >= 0.3 is 0 Å². The van der Waals surface area contributed by atoms with Crippen LogP contribution in [0.5, 0.6) is 0 Å². The molecular formula is C12H20N2O. The summed E-state index contributed by atoms with van der Waals surface area (Å²) in [6.45, 7) is 1.91. The first-order valence-corrected chi connectivity index (χ1v) is 6.03. The van der Waals surface area contributed by atoms with E-state index in [1.807, 2.05) is 0 Å². The molecule has 0 aliphatic heterocycles. The van der Waals surface area contributed by atoms with Crippen molar-refractivity contribution in [2.45, 2.75) is 45.1 Å². The first kappa shape index (κ1) is 10.7. The molecule has 84 valence electrons. The van der Waals surface area contributed by atoms with Gasteiger partial charge in [-0.3, -0.25) is 0 Å². The van der Waals surface area contributed by atoms with Gasteiger partial charge in [-0.15, -0.1) is 0 Å². The highest BCUT2D eigenvalue weighted by Gasteiger charge is 2.12. The lowest BCUT2D eigenvalue weighted by molar-refractivity contribution is 0.331. The quantitative estimate of drug-likeness (QED) is 0.756. The minimum Gasteiger partial charge on any atom is -0.447 e. The lowest BCUT2D eigenvalue weighted by Gasteiger charge is -2.21. The Labute approximate surface area is 91.3 Å². The van der Waals surface area contributed by atoms with Gasteiger partial charge in [-0.2, -0.15) is 0 Å². The van der Waals surface area contributed by atoms with Crippen molar-refractivity contribution in [1.29, 1.82) is 0 Å². The van der Waals surface area contributed by atoms with Crippen LogP contribution >= 0.6 is 0 Å². The molecule has 1 heterocycles. The molecule has 0 unspecified atom stereocenters. The first-order valence-electron chi connectivity index (χ1n) is 6.03. The smallest absolute Gasteiger partial charge is 0.180 e. The minimum absolute atomic E-state index is 0.812. The van der Waals surface area contributed by atoms with Crippen LogP contribution in [0.4, 0.5) is 0 Å². The summed E-state index contributed by atoms with van der Waals surface area (Å²) in [5.41, 5.74) is 0. The van der Waals surface area contributed by atoms with E-state index in [1.165, 1.54) is 44.9 Å². The van der Waals surface area contributed by atoms with Crippen molar-refractivity contribution >= 4 is 0 Å². The van der Waals surface area contributed by atoms with Gasteiger partial charge in [0.05, 0.1) is 12.7 Å². The van der Waals surface area contributed by atoms with E-state index in [0.29, 0.717) is 0 Å². The Morgan fingerprint density at radius 1 is 1.33 bits per heavy atom. The van der Waals surface area contributed by atoms with Crippen LogP contribution < -0.4 is 5.32 Å². The van der Waals surface area contributed by atoms with Crippen molar-refractivity contribution in [1.82, 2.24) is 10.3 Å².